The van der Waals surface area contributed by atoms with E-state index in [2.05, 4.69) is 16.0 Å². The van der Waals surface area contributed by atoms with Crippen LogP contribution in [0.4, 0.5) is 10.3 Å². The summed E-state index contributed by atoms with van der Waals surface area (Å²) in [5, 5.41) is 9.54. The summed E-state index contributed by atoms with van der Waals surface area (Å²) >= 11 is 0. The quantitative estimate of drug-likeness (QED) is 0.520. The summed E-state index contributed by atoms with van der Waals surface area (Å²) in [4.78, 5) is 22.0. The van der Waals surface area contributed by atoms with Gasteiger partial charge in [0.25, 0.3) is 0 Å². The third kappa shape index (κ3) is 5.58. The third-order valence-electron chi connectivity index (χ3n) is 5.64. The molecule has 0 atom stereocenters. The highest BCUT2D eigenvalue weighted by Crippen LogP contribution is 2.26. The van der Waals surface area contributed by atoms with Crippen LogP contribution in [0, 0.1) is 5.82 Å². The van der Waals surface area contributed by atoms with Gasteiger partial charge in [0.05, 0.1) is 12.2 Å². The second kappa shape index (κ2) is 10.3. The van der Waals surface area contributed by atoms with Crippen molar-refractivity contribution in [1.82, 2.24) is 9.97 Å². The molecule has 0 saturated heterocycles. The Bertz CT molecular complexity index is 1140. The number of para-hydroxylation sites is 1. The van der Waals surface area contributed by atoms with Gasteiger partial charge in [-0.2, -0.15) is 0 Å². The Hall–Kier alpha value is -3.68. The number of aryl methyl sites for hydroxylation is 2. The Morgan fingerprint density at radius 1 is 1.12 bits per heavy atom. The second-order valence-corrected chi connectivity index (χ2v) is 7.96. The molecule has 3 aromatic rings. The van der Waals surface area contributed by atoms with Crippen LogP contribution in [0.1, 0.15) is 40.0 Å². The van der Waals surface area contributed by atoms with Gasteiger partial charge >= 0.3 is 5.97 Å². The Labute approximate surface area is 191 Å². The van der Waals surface area contributed by atoms with Crippen LogP contribution in [0.5, 0.6) is 11.5 Å². The molecular formula is C25H26FN3O4. The van der Waals surface area contributed by atoms with Gasteiger partial charge in [0.15, 0.2) is 11.6 Å². The first-order chi connectivity index (χ1) is 16.0. The number of aromatic nitrogens is 2. The minimum absolute atomic E-state index is 0.00674. The molecule has 0 spiro atoms. The summed E-state index contributed by atoms with van der Waals surface area (Å²) in [6.07, 6.45) is 5.77. The Morgan fingerprint density at radius 3 is 2.70 bits per heavy atom. The predicted octanol–water partition coefficient (Wildman–Crippen LogP) is 4.29. The van der Waals surface area contributed by atoms with E-state index in [1.165, 1.54) is 36.2 Å². The lowest BCUT2D eigenvalue weighted by atomic mass is 9.92. The summed E-state index contributed by atoms with van der Waals surface area (Å²) in [5.41, 5.74) is 2.92. The zero-order valence-corrected chi connectivity index (χ0v) is 18.5. The van der Waals surface area contributed by atoms with E-state index in [1.807, 2.05) is 12.1 Å². The van der Waals surface area contributed by atoms with Gasteiger partial charge in [0.1, 0.15) is 24.5 Å². The molecule has 33 heavy (non-hydrogen) atoms. The molecule has 0 saturated carbocycles. The molecule has 1 N–H and O–H groups in total. The average Bonchev–Trinajstić information content (AvgIpc) is 2.83. The van der Waals surface area contributed by atoms with Crippen LogP contribution in [-0.2, 0) is 19.4 Å². The van der Waals surface area contributed by atoms with Crippen molar-refractivity contribution in [3.05, 3.63) is 76.9 Å². The Balaban J connectivity index is 1.42. The third-order valence-corrected chi connectivity index (χ3v) is 5.64. The number of anilines is 1. The molecule has 4 rings (SSSR count). The number of carboxylic acid groups (broad SMARTS) is 1. The molecule has 0 bridgehead atoms. The van der Waals surface area contributed by atoms with E-state index in [4.69, 9.17) is 9.47 Å². The fourth-order valence-corrected chi connectivity index (χ4v) is 3.78. The van der Waals surface area contributed by atoms with Gasteiger partial charge in [-0.1, -0.05) is 18.2 Å². The lowest BCUT2D eigenvalue weighted by Gasteiger charge is -2.19. The molecule has 172 valence electrons. The number of hydrogen-bond donors (Lipinski definition) is 1. The summed E-state index contributed by atoms with van der Waals surface area (Å²) in [6, 6.07) is 12.2. The van der Waals surface area contributed by atoms with E-state index in [-0.39, 0.29) is 30.2 Å². The summed E-state index contributed by atoms with van der Waals surface area (Å²) in [7, 11) is 1.76. The molecule has 8 heteroatoms. The zero-order chi connectivity index (χ0) is 23.2. The number of halogens is 1. The molecule has 1 aromatic heterocycles. The number of nitrogens with zero attached hydrogens (tertiary/aromatic N) is 3. The molecule has 0 aliphatic heterocycles. The molecule has 2 aromatic carbocycles. The first kappa shape index (κ1) is 22.5. The summed E-state index contributed by atoms with van der Waals surface area (Å²) in [6.45, 7) is 0.601. The lowest BCUT2D eigenvalue weighted by Crippen LogP contribution is -2.26. The molecule has 7 nitrogen and oxygen atoms in total. The largest absolute Gasteiger partial charge is 0.489 e. The van der Waals surface area contributed by atoms with E-state index in [1.54, 1.807) is 30.1 Å². The van der Waals surface area contributed by atoms with Gasteiger partial charge in [-0.3, -0.25) is 0 Å². The van der Waals surface area contributed by atoms with Gasteiger partial charge in [0, 0.05) is 13.2 Å². The molecular weight excluding hydrogens is 425 g/mol. The first-order valence-electron chi connectivity index (χ1n) is 10.9. The summed E-state index contributed by atoms with van der Waals surface area (Å²) < 4.78 is 25.1. The number of hydrogen-bond acceptors (Lipinski definition) is 6. The number of rotatable bonds is 9. The number of carboxylic acids is 1. The van der Waals surface area contributed by atoms with Crippen molar-refractivity contribution in [2.24, 2.45) is 0 Å². The van der Waals surface area contributed by atoms with Crippen LogP contribution < -0.4 is 14.4 Å². The van der Waals surface area contributed by atoms with Crippen molar-refractivity contribution in [2.75, 3.05) is 25.1 Å². The molecule has 0 amide bonds. The minimum Gasteiger partial charge on any atom is -0.489 e. The SMILES string of the molecule is CN(CCOc1ccccc1F)c1ncc(C(=O)O)c(COc2ccc3c(c2)CCCC3)n1. The van der Waals surface area contributed by atoms with Gasteiger partial charge in [-0.15, -0.1) is 0 Å². The van der Waals surface area contributed by atoms with Crippen molar-refractivity contribution in [3.63, 3.8) is 0 Å². The Morgan fingerprint density at radius 2 is 1.91 bits per heavy atom. The van der Waals surface area contributed by atoms with E-state index >= 15 is 0 Å². The number of ether oxygens (including phenoxy) is 2. The average molecular weight is 451 g/mol. The smallest absolute Gasteiger partial charge is 0.339 e. The first-order valence-corrected chi connectivity index (χ1v) is 10.9. The monoisotopic (exact) mass is 451 g/mol. The fraction of sp³-hybridized carbons (Fsp3) is 0.320. The maximum Gasteiger partial charge on any atom is 0.339 e. The number of benzene rings is 2. The number of fused-ring (bicyclic) bond motifs is 1. The minimum atomic E-state index is -1.11. The highest BCUT2D eigenvalue weighted by molar-refractivity contribution is 5.88. The molecule has 0 radical (unpaired) electrons. The van der Waals surface area contributed by atoms with E-state index in [9.17, 15) is 14.3 Å². The van der Waals surface area contributed by atoms with Crippen LogP contribution in [0.15, 0.2) is 48.7 Å². The van der Waals surface area contributed by atoms with Gasteiger partial charge in [-0.05, 0) is 61.1 Å². The van der Waals surface area contributed by atoms with Crippen molar-refractivity contribution in [1.29, 1.82) is 0 Å². The standard InChI is InChI=1S/C25H26FN3O4/c1-29(12-13-32-23-9-5-4-8-21(23)26)25-27-15-20(24(30)31)22(28-25)16-33-19-11-10-17-6-2-3-7-18(17)14-19/h4-5,8-11,14-15H,2-3,6-7,12-13,16H2,1H3,(H,30,31). The van der Waals surface area contributed by atoms with Crippen LogP contribution in [0.3, 0.4) is 0 Å². The van der Waals surface area contributed by atoms with Crippen molar-refractivity contribution in [2.45, 2.75) is 32.3 Å². The number of likely N-dealkylation sites (N-methyl/N-ethyl adjacent to an activating group) is 1. The maximum atomic E-state index is 13.7. The maximum absolute atomic E-state index is 13.7. The van der Waals surface area contributed by atoms with Crippen LogP contribution in [0.25, 0.3) is 0 Å². The van der Waals surface area contributed by atoms with Crippen molar-refractivity contribution in [3.8, 4) is 11.5 Å². The molecule has 1 heterocycles. The van der Waals surface area contributed by atoms with Gasteiger partial charge < -0.3 is 19.5 Å². The molecule has 0 fully saturated rings. The highest BCUT2D eigenvalue weighted by Gasteiger charge is 2.17. The van der Waals surface area contributed by atoms with Crippen molar-refractivity contribution < 1.29 is 23.8 Å². The van der Waals surface area contributed by atoms with Crippen molar-refractivity contribution >= 4 is 11.9 Å². The second-order valence-electron chi connectivity index (χ2n) is 7.96. The Kier molecular flexibility index (Phi) is 7.02. The van der Waals surface area contributed by atoms with Gasteiger partial charge in [-0.25, -0.2) is 19.2 Å². The lowest BCUT2D eigenvalue weighted by molar-refractivity contribution is 0.0692. The van der Waals surface area contributed by atoms with Crippen LogP contribution >= 0.6 is 0 Å². The van der Waals surface area contributed by atoms with Crippen LogP contribution in [0.2, 0.25) is 0 Å². The number of aromatic carboxylic acids is 1. The zero-order valence-electron chi connectivity index (χ0n) is 18.5. The normalized spacial score (nSPS) is 12.7. The van der Waals surface area contributed by atoms with E-state index in [0.29, 0.717) is 18.2 Å². The highest BCUT2D eigenvalue weighted by atomic mass is 19.1. The molecule has 1 aliphatic carbocycles. The number of carbonyl (C=O) groups is 1. The van der Waals surface area contributed by atoms with E-state index < -0.39 is 11.8 Å². The van der Waals surface area contributed by atoms with Crippen LogP contribution in [-0.4, -0.2) is 41.2 Å². The molecule has 0 unspecified atom stereocenters. The summed E-state index contributed by atoms with van der Waals surface area (Å²) in [5.74, 6) is -0.341. The molecule has 1 aliphatic rings. The predicted molar refractivity (Wildman–Crippen MR) is 122 cm³/mol. The van der Waals surface area contributed by atoms with E-state index in [0.717, 1.165) is 12.8 Å². The fourth-order valence-electron chi connectivity index (χ4n) is 3.78. The van der Waals surface area contributed by atoms with Gasteiger partial charge in [0.2, 0.25) is 5.95 Å². The topological polar surface area (TPSA) is 84.8 Å².